The Labute approximate surface area is 169 Å². The molecule has 0 aliphatic carbocycles. The molecule has 4 atom stereocenters. The molecular weight excluding hydrogens is 398 g/mol. The number of rotatable bonds is 4. The van der Waals surface area contributed by atoms with E-state index in [4.69, 9.17) is 11.7 Å². The highest BCUT2D eigenvalue weighted by Gasteiger charge is 2.45. The maximum atomic E-state index is 12.9. The summed E-state index contributed by atoms with van der Waals surface area (Å²) in [5.41, 5.74) is 6.15. The van der Waals surface area contributed by atoms with E-state index < -0.39 is 40.6 Å². The fourth-order valence-electron chi connectivity index (χ4n) is 3.65. The first-order chi connectivity index (χ1) is 13.8. The van der Waals surface area contributed by atoms with Gasteiger partial charge in [0, 0.05) is 12.2 Å². The number of nitrogens with zero attached hydrogens (tertiary/aromatic N) is 2. The van der Waals surface area contributed by atoms with Crippen molar-refractivity contribution in [2.75, 3.05) is 13.1 Å². The summed E-state index contributed by atoms with van der Waals surface area (Å²) in [6, 6.07) is -0.788. The number of carbonyl (C=O) groups is 2. The molecule has 11 nitrogen and oxygen atoms in total. The Morgan fingerprint density at radius 2 is 2.14 bits per heavy atom. The standard InChI is InChI=1S/C17H23N7O4S/c1-3-12(13-5-4-11(8-18)22-23-13)20-15(25)9-24-17(26)21-14-6-7-19-10(2)16(14)29(24,27)28/h1,11-14,19,22-23H,4-7,9H2,2H3,(H,20,25)(H,21,26)/t11?,12-,13?,14?/m0/s1. The molecule has 3 amide bonds. The number of nitriles is 1. The van der Waals surface area contributed by atoms with E-state index in [1.165, 1.54) is 0 Å². The summed E-state index contributed by atoms with van der Waals surface area (Å²) in [6.07, 6.45) is 7.05. The second-order valence-electron chi connectivity index (χ2n) is 7.08. The first-order valence-corrected chi connectivity index (χ1v) is 10.7. The Morgan fingerprint density at radius 1 is 1.38 bits per heavy atom. The van der Waals surface area contributed by atoms with Crippen molar-refractivity contribution in [3.8, 4) is 18.4 Å². The second-order valence-corrected chi connectivity index (χ2v) is 8.92. The van der Waals surface area contributed by atoms with E-state index in [0.717, 1.165) is 0 Å². The Morgan fingerprint density at radius 3 is 2.76 bits per heavy atom. The maximum absolute atomic E-state index is 12.9. The number of terminal acetylenes is 1. The van der Waals surface area contributed by atoms with Gasteiger partial charge < -0.3 is 16.0 Å². The maximum Gasteiger partial charge on any atom is 0.332 e. The van der Waals surface area contributed by atoms with E-state index in [-0.39, 0.29) is 17.0 Å². The zero-order valence-electron chi connectivity index (χ0n) is 15.9. The van der Waals surface area contributed by atoms with Gasteiger partial charge in [-0.15, -0.1) is 6.42 Å². The van der Waals surface area contributed by atoms with E-state index in [2.05, 4.69) is 38.8 Å². The zero-order chi connectivity index (χ0) is 21.2. The van der Waals surface area contributed by atoms with Crippen molar-refractivity contribution in [3.05, 3.63) is 10.6 Å². The number of amides is 3. The molecule has 5 N–H and O–H groups in total. The van der Waals surface area contributed by atoms with Crippen LogP contribution in [0.4, 0.5) is 4.79 Å². The first kappa shape index (κ1) is 20.9. The number of urea groups is 1. The molecule has 0 aromatic carbocycles. The molecule has 0 saturated carbocycles. The van der Waals surface area contributed by atoms with Crippen LogP contribution in [0.3, 0.4) is 0 Å². The SMILES string of the molecule is C#C[C@H](NC(=O)CN1C(=O)NC2CCNC(C)=C2S1(=O)=O)C1CCC(C#N)NN1. The van der Waals surface area contributed by atoms with E-state index >= 15 is 0 Å². The minimum atomic E-state index is -4.13. The molecule has 0 bridgehead atoms. The van der Waals surface area contributed by atoms with Crippen LogP contribution < -0.4 is 26.8 Å². The van der Waals surface area contributed by atoms with Crippen LogP contribution in [-0.2, 0) is 14.8 Å². The van der Waals surface area contributed by atoms with Gasteiger partial charge in [-0.25, -0.2) is 22.9 Å². The molecule has 3 aliphatic heterocycles. The highest BCUT2D eigenvalue weighted by molar-refractivity contribution is 7.93. The third-order valence-electron chi connectivity index (χ3n) is 5.15. The lowest BCUT2D eigenvalue weighted by Gasteiger charge is -2.37. The topological polar surface area (TPSA) is 155 Å². The van der Waals surface area contributed by atoms with Gasteiger partial charge in [-0.05, 0) is 26.2 Å². The van der Waals surface area contributed by atoms with Crippen LogP contribution in [0, 0.1) is 23.7 Å². The molecule has 2 saturated heterocycles. The minimum Gasteiger partial charge on any atom is -0.388 e. The smallest absolute Gasteiger partial charge is 0.332 e. The number of hydrogen-bond donors (Lipinski definition) is 5. The highest BCUT2D eigenvalue weighted by Crippen LogP contribution is 2.28. The Bertz CT molecular complexity index is 909. The molecule has 12 heteroatoms. The van der Waals surface area contributed by atoms with Crippen LogP contribution in [0.25, 0.3) is 0 Å². The number of fused-ring (bicyclic) bond motifs is 1. The van der Waals surface area contributed by atoms with Crippen LogP contribution >= 0.6 is 0 Å². The summed E-state index contributed by atoms with van der Waals surface area (Å²) in [7, 11) is -4.13. The monoisotopic (exact) mass is 421 g/mol. The van der Waals surface area contributed by atoms with Gasteiger partial charge in [0.15, 0.2) is 0 Å². The Balaban J connectivity index is 1.69. The second kappa shape index (κ2) is 8.29. The van der Waals surface area contributed by atoms with Gasteiger partial charge in [-0.3, -0.25) is 10.2 Å². The summed E-state index contributed by atoms with van der Waals surface area (Å²) >= 11 is 0. The predicted octanol–water partition coefficient (Wildman–Crippen LogP) is -1.80. The Hall–Kier alpha value is -2.80. The zero-order valence-corrected chi connectivity index (χ0v) is 16.7. The van der Waals surface area contributed by atoms with Gasteiger partial charge >= 0.3 is 6.03 Å². The van der Waals surface area contributed by atoms with E-state index in [0.29, 0.717) is 35.8 Å². The number of hydrazine groups is 1. The lowest BCUT2D eigenvalue weighted by atomic mass is 9.99. The average molecular weight is 421 g/mol. The lowest BCUT2D eigenvalue weighted by molar-refractivity contribution is -0.121. The molecule has 3 rings (SSSR count). The molecule has 0 spiro atoms. The van der Waals surface area contributed by atoms with Crippen molar-refractivity contribution < 1.29 is 18.0 Å². The van der Waals surface area contributed by atoms with Gasteiger partial charge in [0.05, 0.1) is 18.2 Å². The van der Waals surface area contributed by atoms with Crippen molar-refractivity contribution in [3.63, 3.8) is 0 Å². The summed E-state index contributed by atoms with van der Waals surface area (Å²) in [4.78, 5) is 24.9. The summed E-state index contributed by atoms with van der Waals surface area (Å²) < 4.78 is 26.4. The van der Waals surface area contributed by atoms with Gasteiger partial charge in [0.25, 0.3) is 10.0 Å². The average Bonchev–Trinajstić information content (AvgIpc) is 2.69. The van der Waals surface area contributed by atoms with Gasteiger partial charge in [0.2, 0.25) is 5.91 Å². The Kier molecular flexibility index (Phi) is 5.98. The van der Waals surface area contributed by atoms with Crippen LogP contribution in [0.1, 0.15) is 26.2 Å². The van der Waals surface area contributed by atoms with Crippen molar-refractivity contribution in [2.24, 2.45) is 0 Å². The normalized spacial score (nSPS) is 29.4. The van der Waals surface area contributed by atoms with Gasteiger partial charge in [0.1, 0.15) is 23.5 Å². The molecule has 0 aromatic rings. The molecule has 3 heterocycles. The van der Waals surface area contributed by atoms with Crippen molar-refractivity contribution >= 4 is 22.0 Å². The molecule has 2 fully saturated rings. The fraction of sp³-hybridized carbons (Fsp3) is 0.588. The fourth-order valence-corrected chi connectivity index (χ4v) is 5.44. The molecule has 156 valence electrons. The number of nitrogens with one attached hydrogen (secondary N) is 5. The van der Waals surface area contributed by atoms with Crippen molar-refractivity contribution in [2.45, 2.75) is 50.4 Å². The van der Waals surface area contributed by atoms with Crippen molar-refractivity contribution in [1.29, 1.82) is 5.26 Å². The van der Waals surface area contributed by atoms with Crippen LogP contribution in [0.2, 0.25) is 0 Å². The summed E-state index contributed by atoms with van der Waals surface area (Å²) in [6.45, 7) is 1.49. The molecule has 0 radical (unpaired) electrons. The summed E-state index contributed by atoms with van der Waals surface area (Å²) in [5, 5.41) is 17.1. The van der Waals surface area contributed by atoms with Gasteiger partial charge in [-0.1, -0.05) is 5.92 Å². The molecule has 29 heavy (non-hydrogen) atoms. The van der Waals surface area contributed by atoms with Crippen molar-refractivity contribution in [1.82, 2.24) is 31.1 Å². The largest absolute Gasteiger partial charge is 0.388 e. The molecule has 3 unspecified atom stereocenters. The van der Waals surface area contributed by atoms with Crippen LogP contribution in [0.5, 0.6) is 0 Å². The molecule has 0 aromatic heterocycles. The highest BCUT2D eigenvalue weighted by atomic mass is 32.2. The van der Waals surface area contributed by atoms with Crippen LogP contribution in [0.15, 0.2) is 10.6 Å². The first-order valence-electron chi connectivity index (χ1n) is 9.22. The predicted molar refractivity (Wildman–Crippen MR) is 103 cm³/mol. The van der Waals surface area contributed by atoms with Gasteiger partial charge in [-0.2, -0.15) is 5.26 Å². The van der Waals surface area contributed by atoms with Crippen LogP contribution in [-0.4, -0.2) is 61.9 Å². The molecular formula is C17H23N7O4S. The number of sulfonamides is 1. The number of carbonyl (C=O) groups excluding carboxylic acids is 2. The number of allylic oxidation sites excluding steroid dienone is 1. The third-order valence-corrected chi connectivity index (χ3v) is 7.17. The third kappa shape index (κ3) is 4.15. The van der Waals surface area contributed by atoms with E-state index in [1.54, 1.807) is 6.92 Å². The number of hydrogen-bond acceptors (Lipinski definition) is 8. The lowest BCUT2D eigenvalue weighted by Crippen LogP contribution is -2.62. The minimum absolute atomic E-state index is 0.0744. The molecule has 3 aliphatic rings. The van der Waals surface area contributed by atoms with E-state index in [9.17, 15) is 18.0 Å². The summed E-state index contributed by atoms with van der Waals surface area (Å²) in [5.74, 6) is 1.75. The van der Waals surface area contributed by atoms with E-state index in [1.807, 2.05) is 0 Å². The quantitative estimate of drug-likeness (QED) is 0.333.